The summed E-state index contributed by atoms with van der Waals surface area (Å²) in [5, 5.41) is 3.11. The minimum Gasteiger partial charge on any atom is -0.327 e. The maximum atomic E-state index is 12.2. The van der Waals surface area contributed by atoms with Crippen LogP contribution >= 0.6 is 0 Å². The molecule has 28 heavy (non-hydrogen) atoms. The maximum absolute atomic E-state index is 12.2. The summed E-state index contributed by atoms with van der Waals surface area (Å²) < 4.78 is 29.1. The predicted octanol–water partition coefficient (Wildman–Crippen LogP) is 3.10. The van der Waals surface area contributed by atoms with Gasteiger partial charge >= 0.3 is 0 Å². The zero-order valence-corrected chi connectivity index (χ0v) is 17.2. The van der Waals surface area contributed by atoms with Crippen LogP contribution in [0, 0.1) is 6.92 Å². The first-order valence-electron chi connectivity index (χ1n) is 9.05. The first-order chi connectivity index (χ1) is 13.3. The van der Waals surface area contributed by atoms with Gasteiger partial charge < -0.3 is 9.88 Å². The van der Waals surface area contributed by atoms with Gasteiger partial charge in [-0.2, -0.15) is 0 Å². The number of imidazole rings is 1. The quantitative estimate of drug-likeness (QED) is 0.632. The molecule has 0 aliphatic carbocycles. The van der Waals surface area contributed by atoms with Crippen molar-refractivity contribution in [1.82, 2.24) is 24.2 Å². The molecule has 0 aliphatic heterocycles. The van der Waals surface area contributed by atoms with Crippen molar-refractivity contribution in [3.05, 3.63) is 48.5 Å². The largest absolute Gasteiger partial charge is 0.327 e. The van der Waals surface area contributed by atoms with Crippen LogP contribution < -0.4 is 10.0 Å². The van der Waals surface area contributed by atoms with Crippen LogP contribution in [0.5, 0.6) is 0 Å². The molecule has 0 fully saturated rings. The molecule has 148 valence electrons. The molecule has 0 radical (unpaired) electrons. The normalized spacial score (nSPS) is 11.8. The molecule has 2 heterocycles. The molecule has 0 spiro atoms. The molecule has 0 amide bonds. The van der Waals surface area contributed by atoms with E-state index in [1.807, 2.05) is 13.0 Å². The van der Waals surface area contributed by atoms with Gasteiger partial charge in [0.15, 0.2) is 0 Å². The van der Waals surface area contributed by atoms with Crippen molar-refractivity contribution >= 4 is 21.7 Å². The van der Waals surface area contributed by atoms with E-state index in [2.05, 4.69) is 36.5 Å². The van der Waals surface area contributed by atoms with E-state index in [1.165, 1.54) is 0 Å². The van der Waals surface area contributed by atoms with Crippen LogP contribution in [0.1, 0.15) is 26.6 Å². The molecule has 2 N–H and O–H groups in total. The number of anilines is 2. The fourth-order valence-electron chi connectivity index (χ4n) is 2.86. The van der Waals surface area contributed by atoms with Gasteiger partial charge in [-0.25, -0.2) is 28.1 Å². The Balaban J connectivity index is 1.81. The highest BCUT2D eigenvalue weighted by Gasteiger charge is 2.15. The van der Waals surface area contributed by atoms with Gasteiger partial charge in [0.05, 0.1) is 22.5 Å². The molecule has 0 bridgehead atoms. The van der Waals surface area contributed by atoms with E-state index >= 15 is 0 Å². The minimum absolute atomic E-state index is 0.167. The van der Waals surface area contributed by atoms with Crippen molar-refractivity contribution in [2.24, 2.45) is 0 Å². The topological polar surface area (TPSA) is 102 Å². The van der Waals surface area contributed by atoms with Crippen LogP contribution in [0.25, 0.3) is 11.4 Å². The molecule has 3 aromatic rings. The molecule has 3 rings (SSSR count). The van der Waals surface area contributed by atoms with Crippen molar-refractivity contribution in [2.45, 2.75) is 45.2 Å². The van der Waals surface area contributed by atoms with Crippen LogP contribution in [0.2, 0.25) is 0 Å². The monoisotopic (exact) mass is 400 g/mol. The average molecular weight is 401 g/mol. The van der Waals surface area contributed by atoms with Gasteiger partial charge in [-0.1, -0.05) is 0 Å². The Morgan fingerprint density at radius 3 is 2.46 bits per heavy atom. The molecule has 0 atom stereocenters. The second-order valence-corrected chi connectivity index (χ2v) is 8.34. The van der Waals surface area contributed by atoms with Crippen molar-refractivity contribution in [1.29, 1.82) is 0 Å². The smallest absolute Gasteiger partial charge is 0.240 e. The number of aromatic nitrogens is 4. The Bertz CT molecular complexity index is 1060. The number of nitrogens with one attached hydrogen (secondary N) is 2. The number of hydrogen-bond donors (Lipinski definition) is 2. The number of hydrogen-bond acceptors (Lipinski definition) is 6. The SMILES string of the molecule is CCn1c(-c2ccnc(Nc3ccc(S(=O)(=O)NC(C)C)cc3)n2)cnc1C. The van der Waals surface area contributed by atoms with Gasteiger partial charge in [0.25, 0.3) is 0 Å². The van der Waals surface area contributed by atoms with Gasteiger partial charge in [-0.05, 0) is 58.0 Å². The van der Waals surface area contributed by atoms with Crippen LogP contribution in [-0.2, 0) is 16.6 Å². The van der Waals surface area contributed by atoms with E-state index < -0.39 is 10.0 Å². The van der Waals surface area contributed by atoms with Crippen LogP contribution in [-0.4, -0.2) is 34.0 Å². The highest BCUT2D eigenvalue weighted by Crippen LogP contribution is 2.21. The number of nitrogens with zero attached hydrogens (tertiary/aromatic N) is 4. The summed E-state index contributed by atoms with van der Waals surface area (Å²) in [6, 6.07) is 8.13. The first kappa shape index (κ1) is 20.0. The van der Waals surface area contributed by atoms with Gasteiger partial charge in [0.2, 0.25) is 16.0 Å². The predicted molar refractivity (Wildman–Crippen MR) is 109 cm³/mol. The number of sulfonamides is 1. The molecular formula is C19H24N6O2S. The lowest BCUT2D eigenvalue weighted by Crippen LogP contribution is -2.30. The maximum Gasteiger partial charge on any atom is 0.240 e. The molecule has 0 aliphatic rings. The summed E-state index contributed by atoms with van der Waals surface area (Å²) in [5.74, 6) is 1.35. The van der Waals surface area contributed by atoms with Crippen LogP contribution in [0.4, 0.5) is 11.6 Å². The van der Waals surface area contributed by atoms with E-state index in [0.717, 1.165) is 23.8 Å². The molecule has 0 saturated carbocycles. The Hall–Kier alpha value is -2.78. The Morgan fingerprint density at radius 2 is 1.82 bits per heavy atom. The molecule has 0 saturated heterocycles. The summed E-state index contributed by atoms with van der Waals surface area (Å²) in [6.07, 6.45) is 3.48. The van der Waals surface area contributed by atoms with E-state index in [4.69, 9.17) is 0 Å². The molecule has 0 unspecified atom stereocenters. The van der Waals surface area contributed by atoms with E-state index in [9.17, 15) is 8.42 Å². The first-order valence-corrected chi connectivity index (χ1v) is 10.5. The third-order valence-electron chi connectivity index (χ3n) is 4.10. The lowest BCUT2D eigenvalue weighted by molar-refractivity contribution is 0.570. The van der Waals surface area contributed by atoms with Crippen molar-refractivity contribution in [3.8, 4) is 11.4 Å². The summed E-state index contributed by atoms with van der Waals surface area (Å²) in [5.41, 5.74) is 2.38. The average Bonchev–Trinajstić information content (AvgIpc) is 3.02. The second-order valence-electron chi connectivity index (χ2n) is 6.63. The highest BCUT2D eigenvalue weighted by atomic mass is 32.2. The zero-order valence-electron chi connectivity index (χ0n) is 16.3. The number of aryl methyl sites for hydroxylation is 1. The Kier molecular flexibility index (Phi) is 5.76. The summed E-state index contributed by atoms with van der Waals surface area (Å²) in [7, 11) is -3.52. The molecule has 9 heteroatoms. The van der Waals surface area contributed by atoms with E-state index in [1.54, 1.807) is 50.5 Å². The molecular weight excluding hydrogens is 376 g/mol. The van der Waals surface area contributed by atoms with Crippen molar-refractivity contribution < 1.29 is 8.42 Å². The van der Waals surface area contributed by atoms with E-state index in [-0.39, 0.29) is 10.9 Å². The van der Waals surface area contributed by atoms with E-state index in [0.29, 0.717) is 11.6 Å². The Labute approximate surface area is 165 Å². The standard InChI is InChI=1S/C19H24N6O2S/c1-5-25-14(4)21-12-18(25)17-10-11-20-19(23-17)22-15-6-8-16(9-7-15)28(26,27)24-13(2)3/h6-13,24H,5H2,1-4H3,(H,20,22,23). The summed E-state index contributed by atoms with van der Waals surface area (Å²) in [4.78, 5) is 13.4. The van der Waals surface area contributed by atoms with Gasteiger partial charge in [-0.15, -0.1) is 0 Å². The lowest BCUT2D eigenvalue weighted by atomic mass is 10.3. The fraction of sp³-hybridized carbons (Fsp3) is 0.316. The lowest BCUT2D eigenvalue weighted by Gasteiger charge is -2.11. The number of rotatable bonds is 7. The Morgan fingerprint density at radius 1 is 1.11 bits per heavy atom. The molecule has 8 nitrogen and oxygen atoms in total. The minimum atomic E-state index is -3.52. The molecule has 1 aromatic carbocycles. The highest BCUT2D eigenvalue weighted by molar-refractivity contribution is 7.89. The third-order valence-corrected chi connectivity index (χ3v) is 5.78. The second kappa shape index (κ2) is 8.07. The van der Waals surface area contributed by atoms with Gasteiger partial charge in [0.1, 0.15) is 5.82 Å². The van der Waals surface area contributed by atoms with Crippen LogP contribution in [0.3, 0.4) is 0 Å². The fourth-order valence-corrected chi connectivity index (χ4v) is 4.11. The van der Waals surface area contributed by atoms with Crippen molar-refractivity contribution in [3.63, 3.8) is 0 Å². The van der Waals surface area contributed by atoms with Crippen LogP contribution in [0.15, 0.2) is 47.6 Å². The van der Waals surface area contributed by atoms with Gasteiger partial charge in [0, 0.05) is 24.5 Å². The summed E-state index contributed by atoms with van der Waals surface area (Å²) >= 11 is 0. The molecule has 2 aromatic heterocycles. The zero-order chi connectivity index (χ0) is 20.3. The summed E-state index contributed by atoms with van der Waals surface area (Å²) in [6.45, 7) is 8.38. The third kappa shape index (κ3) is 4.37. The number of benzene rings is 1. The van der Waals surface area contributed by atoms with Crippen molar-refractivity contribution in [2.75, 3.05) is 5.32 Å². The van der Waals surface area contributed by atoms with Gasteiger partial charge in [-0.3, -0.25) is 0 Å².